The lowest BCUT2D eigenvalue weighted by molar-refractivity contribution is -0.145. The standard InChI is InChI=1S/C9H10ClF3N2O/c1-3-5(2)16-7-4-6(10)14-8(15-7)9(11,12)13/h4-5H,3H2,1-2H3. The fourth-order valence-corrected chi connectivity index (χ4v) is 1.05. The van der Waals surface area contributed by atoms with Crippen LogP contribution in [0.25, 0.3) is 0 Å². The normalized spacial score (nSPS) is 13.6. The van der Waals surface area contributed by atoms with Crippen molar-refractivity contribution in [2.75, 3.05) is 0 Å². The molecule has 1 aromatic rings. The Kier molecular flexibility index (Phi) is 3.96. The molecule has 0 saturated heterocycles. The molecule has 0 spiro atoms. The molecule has 0 aromatic carbocycles. The predicted molar refractivity (Wildman–Crippen MR) is 52.4 cm³/mol. The van der Waals surface area contributed by atoms with Gasteiger partial charge in [0.2, 0.25) is 11.7 Å². The highest BCUT2D eigenvalue weighted by atomic mass is 35.5. The molecule has 3 nitrogen and oxygen atoms in total. The molecule has 0 bridgehead atoms. The summed E-state index contributed by atoms with van der Waals surface area (Å²) in [6, 6.07) is 1.16. The number of nitrogens with zero attached hydrogens (tertiary/aromatic N) is 2. The van der Waals surface area contributed by atoms with E-state index in [2.05, 4.69) is 9.97 Å². The fourth-order valence-electron chi connectivity index (χ4n) is 0.874. The van der Waals surface area contributed by atoms with Crippen LogP contribution < -0.4 is 4.74 Å². The second-order valence-corrected chi connectivity index (χ2v) is 3.57. The molecular formula is C9H10ClF3N2O. The molecule has 1 atom stereocenters. The first-order valence-electron chi connectivity index (χ1n) is 4.61. The van der Waals surface area contributed by atoms with Gasteiger partial charge in [-0.25, -0.2) is 4.98 Å². The molecule has 90 valence electrons. The van der Waals surface area contributed by atoms with Crippen LogP contribution in [0.5, 0.6) is 5.88 Å². The molecule has 0 radical (unpaired) electrons. The zero-order valence-electron chi connectivity index (χ0n) is 8.68. The second-order valence-electron chi connectivity index (χ2n) is 3.19. The Morgan fingerprint density at radius 1 is 1.44 bits per heavy atom. The molecule has 1 unspecified atom stereocenters. The third-order valence-corrected chi connectivity index (χ3v) is 2.02. The lowest BCUT2D eigenvalue weighted by Gasteiger charge is -2.13. The van der Waals surface area contributed by atoms with Gasteiger partial charge in [0, 0.05) is 6.07 Å². The highest BCUT2D eigenvalue weighted by Crippen LogP contribution is 2.29. The molecule has 0 aliphatic rings. The predicted octanol–water partition coefficient (Wildman–Crippen LogP) is 3.33. The molecule has 0 aliphatic heterocycles. The highest BCUT2D eigenvalue weighted by Gasteiger charge is 2.35. The maximum atomic E-state index is 12.3. The van der Waals surface area contributed by atoms with Crippen LogP contribution in [0, 0.1) is 0 Å². The van der Waals surface area contributed by atoms with Crippen molar-refractivity contribution < 1.29 is 17.9 Å². The number of aromatic nitrogens is 2. The van der Waals surface area contributed by atoms with E-state index < -0.39 is 12.0 Å². The van der Waals surface area contributed by atoms with Crippen molar-refractivity contribution in [3.63, 3.8) is 0 Å². The van der Waals surface area contributed by atoms with Crippen molar-refractivity contribution in [1.29, 1.82) is 0 Å². The topological polar surface area (TPSA) is 35.0 Å². The largest absolute Gasteiger partial charge is 0.475 e. The van der Waals surface area contributed by atoms with Gasteiger partial charge in [-0.1, -0.05) is 18.5 Å². The SMILES string of the molecule is CCC(C)Oc1cc(Cl)nc(C(F)(F)F)n1. The molecule has 16 heavy (non-hydrogen) atoms. The van der Waals surface area contributed by atoms with E-state index in [0.29, 0.717) is 6.42 Å². The van der Waals surface area contributed by atoms with Crippen molar-refractivity contribution in [3.8, 4) is 5.88 Å². The maximum absolute atomic E-state index is 12.3. The van der Waals surface area contributed by atoms with E-state index in [4.69, 9.17) is 16.3 Å². The van der Waals surface area contributed by atoms with Gasteiger partial charge in [0.25, 0.3) is 0 Å². The summed E-state index contributed by atoms with van der Waals surface area (Å²) in [6.45, 7) is 3.57. The number of hydrogen-bond acceptors (Lipinski definition) is 3. The van der Waals surface area contributed by atoms with Gasteiger partial charge < -0.3 is 4.74 Å². The van der Waals surface area contributed by atoms with Gasteiger partial charge in [0.1, 0.15) is 5.15 Å². The molecule has 0 N–H and O–H groups in total. The molecule has 1 rings (SSSR count). The zero-order chi connectivity index (χ0) is 12.3. The van der Waals surface area contributed by atoms with E-state index in [0.717, 1.165) is 6.07 Å². The molecule has 1 aromatic heterocycles. The van der Waals surface area contributed by atoms with Crippen LogP contribution in [-0.2, 0) is 6.18 Å². The third-order valence-electron chi connectivity index (χ3n) is 1.82. The Hall–Kier alpha value is -1.04. The number of alkyl halides is 3. The minimum absolute atomic E-state index is 0.165. The van der Waals surface area contributed by atoms with E-state index in [9.17, 15) is 13.2 Å². The van der Waals surface area contributed by atoms with Crippen LogP contribution >= 0.6 is 11.6 Å². The highest BCUT2D eigenvalue weighted by molar-refractivity contribution is 6.29. The van der Waals surface area contributed by atoms with Gasteiger partial charge in [-0.2, -0.15) is 18.2 Å². The van der Waals surface area contributed by atoms with Gasteiger partial charge in [-0.05, 0) is 13.3 Å². The Morgan fingerprint density at radius 2 is 2.06 bits per heavy atom. The quantitative estimate of drug-likeness (QED) is 0.776. The lowest BCUT2D eigenvalue weighted by Crippen LogP contribution is -2.15. The van der Waals surface area contributed by atoms with Gasteiger partial charge in [-0.3, -0.25) is 0 Å². The van der Waals surface area contributed by atoms with Crippen molar-refractivity contribution in [2.45, 2.75) is 32.5 Å². The van der Waals surface area contributed by atoms with E-state index >= 15 is 0 Å². The summed E-state index contributed by atoms with van der Waals surface area (Å²) in [4.78, 5) is 6.34. The molecular weight excluding hydrogens is 245 g/mol. The van der Waals surface area contributed by atoms with E-state index in [1.54, 1.807) is 6.92 Å². The monoisotopic (exact) mass is 254 g/mol. The zero-order valence-corrected chi connectivity index (χ0v) is 9.43. The van der Waals surface area contributed by atoms with Crippen molar-refractivity contribution in [2.24, 2.45) is 0 Å². The summed E-state index contributed by atoms with van der Waals surface area (Å²) in [6.07, 6.45) is -4.20. The number of rotatable bonds is 3. The average Bonchev–Trinajstić information content (AvgIpc) is 2.15. The Morgan fingerprint density at radius 3 is 2.56 bits per heavy atom. The number of hydrogen-bond donors (Lipinski definition) is 0. The van der Waals surface area contributed by atoms with E-state index in [-0.39, 0.29) is 17.1 Å². The summed E-state index contributed by atoms with van der Waals surface area (Å²) in [5.74, 6) is -1.46. The first-order chi connectivity index (χ1) is 7.32. The van der Waals surface area contributed by atoms with Crippen LogP contribution in [-0.4, -0.2) is 16.1 Å². The minimum atomic E-state index is -4.63. The minimum Gasteiger partial charge on any atom is -0.475 e. The summed E-state index contributed by atoms with van der Waals surface area (Å²) in [5.41, 5.74) is 0. The Balaban J connectivity index is 2.99. The van der Waals surface area contributed by atoms with E-state index in [1.807, 2.05) is 6.92 Å². The molecule has 1 heterocycles. The first kappa shape index (κ1) is 13.0. The van der Waals surface area contributed by atoms with Gasteiger partial charge in [0.15, 0.2) is 0 Å². The molecule has 0 fully saturated rings. The molecule has 7 heteroatoms. The average molecular weight is 255 g/mol. The van der Waals surface area contributed by atoms with Crippen LogP contribution in [0.3, 0.4) is 0 Å². The fraction of sp³-hybridized carbons (Fsp3) is 0.556. The van der Waals surface area contributed by atoms with Gasteiger partial charge >= 0.3 is 6.18 Å². The van der Waals surface area contributed by atoms with Crippen molar-refractivity contribution in [3.05, 3.63) is 17.0 Å². The second kappa shape index (κ2) is 4.86. The van der Waals surface area contributed by atoms with Gasteiger partial charge in [0.05, 0.1) is 6.10 Å². The Bertz CT molecular complexity index is 370. The van der Waals surface area contributed by atoms with Crippen LogP contribution in [0.15, 0.2) is 6.07 Å². The van der Waals surface area contributed by atoms with Crippen molar-refractivity contribution >= 4 is 11.6 Å². The smallest absolute Gasteiger partial charge is 0.451 e. The molecule has 0 saturated carbocycles. The first-order valence-corrected chi connectivity index (χ1v) is 4.99. The van der Waals surface area contributed by atoms with Crippen LogP contribution in [0.1, 0.15) is 26.1 Å². The summed E-state index contributed by atoms with van der Waals surface area (Å²) in [5, 5.41) is -0.291. The van der Waals surface area contributed by atoms with E-state index in [1.165, 1.54) is 0 Å². The number of ether oxygens (including phenoxy) is 1. The molecule has 0 amide bonds. The van der Waals surface area contributed by atoms with Crippen LogP contribution in [0.4, 0.5) is 13.2 Å². The Labute approximate surface area is 95.6 Å². The van der Waals surface area contributed by atoms with Crippen molar-refractivity contribution in [1.82, 2.24) is 9.97 Å². The maximum Gasteiger partial charge on any atom is 0.451 e. The summed E-state index contributed by atoms with van der Waals surface area (Å²) < 4.78 is 42.1. The third kappa shape index (κ3) is 3.52. The summed E-state index contributed by atoms with van der Waals surface area (Å²) >= 11 is 5.45. The molecule has 0 aliphatic carbocycles. The lowest BCUT2D eigenvalue weighted by atomic mass is 10.3. The van der Waals surface area contributed by atoms with Crippen LogP contribution in [0.2, 0.25) is 5.15 Å². The van der Waals surface area contributed by atoms with Gasteiger partial charge in [-0.15, -0.1) is 0 Å². The summed E-state index contributed by atoms with van der Waals surface area (Å²) in [7, 11) is 0. The number of halogens is 4.